The minimum Gasteiger partial charge on any atom is -0.368 e. The molecule has 13 heavy (non-hydrogen) atoms. The van der Waals surface area contributed by atoms with E-state index >= 15 is 0 Å². The molecule has 2 atom stereocenters. The molecule has 0 saturated carbocycles. The maximum atomic E-state index is 11.5. The molecule has 1 saturated heterocycles. The molecule has 5 heteroatoms. The van der Waals surface area contributed by atoms with Gasteiger partial charge >= 0.3 is 0 Å². The lowest BCUT2D eigenvalue weighted by Crippen LogP contribution is -2.58. The third kappa shape index (κ3) is 2.02. The molecular weight excluding hydrogens is 236 g/mol. The number of nitrogens with two attached hydrogens (primary N) is 1. The number of nitrogens with zero attached hydrogens (tertiary/aromatic N) is 1. The van der Waals surface area contributed by atoms with Crippen LogP contribution in [0.25, 0.3) is 0 Å². The van der Waals surface area contributed by atoms with Crippen molar-refractivity contribution in [1.82, 2.24) is 4.90 Å². The van der Waals surface area contributed by atoms with Crippen LogP contribution in [0.2, 0.25) is 0 Å². The smallest absolute Gasteiger partial charge is 0.240 e. The number of carbonyl (C=O) groups is 2. The van der Waals surface area contributed by atoms with Crippen molar-refractivity contribution in [2.75, 3.05) is 6.54 Å². The molecule has 1 aliphatic heterocycles. The molecule has 1 aliphatic rings. The number of carbonyl (C=O) groups excluding carboxylic acids is 2. The predicted octanol–water partition coefficient (Wildman–Crippen LogP) is 0.246. The van der Waals surface area contributed by atoms with Crippen molar-refractivity contribution in [3.8, 4) is 0 Å². The van der Waals surface area contributed by atoms with Gasteiger partial charge in [0.2, 0.25) is 11.8 Å². The van der Waals surface area contributed by atoms with Crippen molar-refractivity contribution < 1.29 is 9.59 Å². The van der Waals surface area contributed by atoms with Crippen LogP contribution in [-0.4, -0.2) is 34.1 Å². The summed E-state index contributed by atoms with van der Waals surface area (Å²) in [5, 5.41) is 0. The molecule has 0 bridgehead atoms. The van der Waals surface area contributed by atoms with Crippen LogP contribution in [0.5, 0.6) is 0 Å². The second kappa shape index (κ2) is 4.09. The summed E-state index contributed by atoms with van der Waals surface area (Å²) in [6.07, 6.45) is 1.42. The number of hydrogen-bond donors (Lipinski definition) is 1. The average molecular weight is 249 g/mol. The quantitative estimate of drug-likeness (QED) is 0.728. The van der Waals surface area contributed by atoms with Gasteiger partial charge in [-0.1, -0.05) is 22.9 Å². The fraction of sp³-hybridized carbons (Fsp3) is 0.750. The van der Waals surface area contributed by atoms with Gasteiger partial charge < -0.3 is 10.6 Å². The van der Waals surface area contributed by atoms with E-state index in [4.69, 9.17) is 5.73 Å². The summed E-state index contributed by atoms with van der Waals surface area (Å²) < 4.78 is 0. The Balaban J connectivity index is 2.53. The highest BCUT2D eigenvalue weighted by molar-refractivity contribution is 9.10. The van der Waals surface area contributed by atoms with Gasteiger partial charge in [0.15, 0.2) is 0 Å². The Labute approximate surface area is 85.6 Å². The van der Waals surface area contributed by atoms with Crippen molar-refractivity contribution >= 4 is 27.7 Å². The monoisotopic (exact) mass is 248 g/mol. The minimum absolute atomic E-state index is 0.0300. The van der Waals surface area contributed by atoms with E-state index in [0.717, 1.165) is 6.42 Å². The second-order valence-corrected chi connectivity index (χ2v) is 4.22. The lowest BCUT2D eigenvalue weighted by molar-refractivity contribution is -0.145. The Hall–Kier alpha value is -0.580. The summed E-state index contributed by atoms with van der Waals surface area (Å²) in [5.74, 6) is -0.437. The molecule has 1 heterocycles. The first-order chi connectivity index (χ1) is 6.07. The van der Waals surface area contributed by atoms with E-state index in [1.54, 1.807) is 0 Å². The van der Waals surface area contributed by atoms with Crippen LogP contribution in [0.4, 0.5) is 0 Å². The zero-order valence-electron chi connectivity index (χ0n) is 7.50. The Morgan fingerprint density at radius 1 is 1.69 bits per heavy atom. The lowest BCUT2D eigenvalue weighted by atomic mass is 10.0. The first-order valence-electron chi connectivity index (χ1n) is 4.31. The van der Waals surface area contributed by atoms with Crippen LogP contribution in [0.1, 0.15) is 19.8 Å². The normalized spacial score (nSPS) is 23.5. The third-order valence-corrected chi connectivity index (χ3v) is 3.30. The van der Waals surface area contributed by atoms with Crippen LogP contribution in [0.15, 0.2) is 0 Å². The van der Waals surface area contributed by atoms with Gasteiger partial charge in [-0.25, -0.2) is 0 Å². The summed E-state index contributed by atoms with van der Waals surface area (Å²) in [7, 11) is 0. The Morgan fingerprint density at radius 3 is 2.62 bits per heavy atom. The average Bonchev–Trinajstić information content (AvgIpc) is 1.99. The maximum Gasteiger partial charge on any atom is 0.240 e. The zero-order valence-corrected chi connectivity index (χ0v) is 9.08. The molecule has 0 spiro atoms. The van der Waals surface area contributed by atoms with E-state index in [-0.39, 0.29) is 16.8 Å². The zero-order chi connectivity index (χ0) is 10.0. The van der Waals surface area contributed by atoms with Crippen molar-refractivity contribution in [2.45, 2.75) is 30.6 Å². The number of halogens is 1. The largest absolute Gasteiger partial charge is 0.368 e. The highest BCUT2D eigenvalue weighted by atomic mass is 79.9. The number of amides is 2. The second-order valence-electron chi connectivity index (χ2n) is 3.11. The molecule has 4 nitrogen and oxygen atoms in total. The summed E-state index contributed by atoms with van der Waals surface area (Å²) in [6, 6.07) is -0.376. The first-order valence-corrected chi connectivity index (χ1v) is 5.23. The van der Waals surface area contributed by atoms with E-state index < -0.39 is 5.91 Å². The van der Waals surface area contributed by atoms with Crippen molar-refractivity contribution in [3.63, 3.8) is 0 Å². The van der Waals surface area contributed by atoms with Crippen molar-refractivity contribution in [2.24, 2.45) is 5.73 Å². The number of alkyl halides is 1. The lowest BCUT2D eigenvalue weighted by Gasteiger charge is -2.39. The van der Waals surface area contributed by atoms with E-state index in [9.17, 15) is 9.59 Å². The van der Waals surface area contributed by atoms with Gasteiger partial charge in [0.05, 0.1) is 4.83 Å². The van der Waals surface area contributed by atoms with E-state index in [1.807, 2.05) is 6.92 Å². The van der Waals surface area contributed by atoms with E-state index in [2.05, 4.69) is 15.9 Å². The fourth-order valence-electron chi connectivity index (χ4n) is 1.30. The van der Waals surface area contributed by atoms with Gasteiger partial charge in [-0.15, -0.1) is 0 Å². The molecule has 2 amide bonds. The Morgan fingerprint density at radius 2 is 2.31 bits per heavy atom. The molecule has 2 N–H and O–H groups in total. The van der Waals surface area contributed by atoms with Crippen LogP contribution >= 0.6 is 15.9 Å². The third-order valence-electron chi connectivity index (χ3n) is 2.26. The summed E-state index contributed by atoms with van der Waals surface area (Å²) in [6.45, 7) is 2.56. The van der Waals surface area contributed by atoms with Gasteiger partial charge in [0.1, 0.15) is 6.04 Å². The number of hydrogen-bond acceptors (Lipinski definition) is 2. The fourth-order valence-corrected chi connectivity index (χ4v) is 1.56. The minimum atomic E-state index is -0.407. The molecule has 1 rings (SSSR count). The Bertz CT molecular complexity index is 232. The van der Waals surface area contributed by atoms with Gasteiger partial charge in [0, 0.05) is 6.54 Å². The SMILES string of the molecule is CCC(Br)C(=O)N1CCC1C(N)=O. The molecule has 0 aromatic heterocycles. The molecule has 0 radical (unpaired) electrons. The van der Waals surface area contributed by atoms with E-state index in [1.165, 1.54) is 4.90 Å². The molecular formula is C8H13BrN2O2. The van der Waals surface area contributed by atoms with Crippen LogP contribution in [-0.2, 0) is 9.59 Å². The molecule has 0 aromatic carbocycles. The van der Waals surface area contributed by atoms with Crippen LogP contribution in [0, 0.1) is 0 Å². The topological polar surface area (TPSA) is 63.4 Å². The van der Waals surface area contributed by atoms with Crippen LogP contribution in [0.3, 0.4) is 0 Å². The summed E-state index contributed by atoms with van der Waals surface area (Å²) in [4.78, 5) is 23.7. The number of primary amides is 1. The van der Waals surface area contributed by atoms with Gasteiger partial charge in [0.25, 0.3) is 0 Å². The standard InChI is InChI=1S/C8H13BrN2O2/c1-2-5(9)8(13)11-4-3-6(11)7(10)12/h5-6H,2-4H2,1H3,(H2,10,12). The van der Waals surface area contributed by atoms with Crippen LogP contribution < -0.4 is 5.73 Å². The van der Waals surface area contributed by atoms with E-state index in [0.29, 0.717) is 13.0 Å². The number of likely N-dealkylation sites (tertiary alicyclic amines) is 1. The molecule has 0 aliphatic carbocycles. The summed E-state index contributed by atoms with van der Waals surface area (Å²) in [5.41, 5.74) is 5.12. The number of rotatable bonds is 3. The van der Waals surface area contributed by atoms with Gasteiger partial charge in [-0.05, 0) is 12.8 Å². The maximum absolute atomic E-state index is 11.5. The molecule has 1 fully saturated rings. The van der Waals surface area contributed by atoms with Crippen molar-refractivity contribution in [3.05, 3.63) is 0 Å². The van der Waals surface area contributed by atoms with Gasteiger partial charge in [-0.2, -0.15) is 0 Å². The highest BCUT2D eigenvalue weighted by Gasteiger charge is 2.37. The predicted molar refractivity (Wildman–Crippen MR) is 52.3 cm³/mol. The summed E-state index contributed by atoms with van der Waals surface area (Å²) >= 11 is 3.25. The van der Waals surface area contributed by atoms with Crippen molar-refractivity contribution in [1.29, 1.82) is 0 Å². The molecule has 0 aromatic rings. The molecule has 2 unspecified atom stereocenters. The highest BCUT2D eigenvalue weighted by Crippen LogP contribution is 2.21. The van der Waals surface area contributed by atoms with Gasteiger partial charge in [-0.3, -0.25) is 9.59 Å². The first kappa shape index (κ1) is 10.5. The Kier molecular flexibility index (Phi) is 3.30. The molecule has 74 valence electrons.